The van der Waals surface area contributed by atoms with Gasteiger partial charge in [0.05, 0.1) is 31.0 Å². The molecule has 5 nitrogen and oxygen atoms in total. The van der Waals surface area contributed by atoms with Gasteiger partial charge in [0.15, 0.2) is 5.69 Å². The van der Waals surface area contributed by atoms with Crippen molar-refractivity contribution in [3.05, 3.63) is 17.0 Å². The Bertz CT molecular complexity index is 537. The molecule has 2 aliphatic heterocycles. The fourth-order valence-corrected chi connectivity index (χ4v) is 3.01. The first-order chi connectivity index (χ1) is 9.43. The van der Waals surface area contributed by atoms with Crippen LogP contribution in [0.2, 0.25) is 0 Å². The van der Waals surface area contributed by atoms with Crippen LogP contribution in [0.3, 0.4) is 0 Å². The van der Waals surface area contributed by atoms with Crippen LogP contribution in [-0.2, 0) is 11.2 Å². The van der Waals surface area contributed by atoms with Gasteiger partial charge in [-0.1, -0.05) is 6.92 Å². The third kappa shape index (κ3) is 2.02. The van der Waals surface area contributed by atoms with Gasteiger partial charge in [0, 0.05) is 12.0 Å². The van der Waals surface area contributed by atoms with Gasteiger partial charge in [-0.2, -0.15) is 5.10 Å². The van der Waals surface area contributed by atoms with E-state index in [1.807, 2.05) is 13.8 Å². The minimum absolute atomic E-state index is 0.0638. The second-order valence-corrected chi connectivity index (χ2v) is 5.92. The number of nitrogens with one attached hydrogen (secondary N) is 1. The maximum absolute atomic E-state index is 13.9. The van der Waals surface area contributed by atoms with Crippen LogP contribution < -0.4 is 0 Å². The van der Waals surface area contributed by atoms with Crippen molar-refractivity contribution in [3.63, 3.8) is 0 Å². The van der Waals surface area contributed by atoms with E-state index in [9.17, 15) is 9.18 Å². The Morgan fingerprint density at radius 2 is 2.25 bits per heavy atom. The molecule has 20 heavy (non-hydrogen) atoms. The molecule has 6 heteroatoms. The average molecular weight is 281 g/mol. The maximum Gasteiger partial charge on any atom is 0.274 e. The molecule has 1 aromatic rings. The van der Waals surface area contributed by atoms with Crippen molar-refractivity contribution in [2.24, 2.45) is 0 Å². The van der Waals surface area contributed by atoms with Gasteiger partial charge < -0.3 is 9.64 Å². The van der Waals surface area contributed by atoms with E-state index < -0.39 is 5.67 Å². The highest BCUT2D eigenvalue weighted by atomic mass is 19.1. The number of hydrogen-bond donors (Lipinski definition) is 1. The fourth-order valence-electron chi connectivity index (χ4n) is 3.01. The summed E-state index contributed by atoms with van der Waals surface area (Å²) in [4.78, 5) is 13.9. The predicted molar refractivity (Wildman–Crippen MR) is 71.3 cm³/mol. The van der Waals surface area contributed by atoms with Crippen molar-refractivity contribution in [2.75, 3.05) is 13.1 Å². The van der Waals surface area contributed by atoms with Crippen molar-refractivity contribution in [1.82, 2.24) is 15.1 Å². The summed E-state index contributed by atoms with van der Waals surface area (Å²) >= 11 is 0. The van der Waals surface area contributed by atoms with Crippen molar-refractivity contribution < 1.29 is 13.9 Å². The summed E-state index contributed by atoms with van der Waals surface area (Å²) in [6, 6.07) is 0. The van der Waals surface area contributed by atoms with E-state index in [0.717, 1.165) is 11.3 Å². The summed E-state index contributed by atoms with van der Waals surface area (Å²) in [5.74, 6) is -0.175. The van der Waals surface area contributed by atoms with Gasteiger partial charge in [-0.05, 0) is 20.3 Å². The van der Waals surface area contributed by atoms with Crippen molar-refractivity contribution in [2.45, 2.75) is 51.5 Å². The van der Waals surface area contributed by atoms with E-state index in [2.05, 4.69) is 10.2 Å². The Morgan fingerprint density at radius 3 is 2.90 bits per heavy atom. The van der Waals surface area contributed by atoms with Gasteiger partial charge in [-0.25, -0.2) is 4.39 Å². The van der Waals surface area contributed by atoms with E-state index in [1.165, 1.54) is 4.90 Å². The zero-order chi connectivity index (χ0) is 14.5. The third-order valence-electron chi connectivity index (χ3n) is 4.31. The Kier molecular flexibility index (Phi) is 3.08. The number of carbonyl (C=O) groups is 1. The van der Waals surface area contributed by atoms with Crippen LogP contribution in [0.15, 0.2) is 0 Å². The number of aromatic amines is 1. The number of carbonyl (C=O) groups excluding carboxylic acids is 1. The molecule has 0 aliphatic carbocycles. The van der Waals surface area contributed by atoms with Crippen LogP contribution in [-0.4, -0.2) is 45.9 Å². The SMILES string of the molecule is CCC1(F)CN(C(=O)c2n[nH]c3c2C[C@H](C)O[C@@H]3C)C1. The number of halogens is 1. The molecule has 0 saturated carbocycles. The van der Waals surface area contributed by atoms with Gasteiger partial charge in [0.25, 0.3) is 5.91 Å². The fraction of sp³-hybridized carbons (Fsp3) is 0.714. The lowest BCUT2D eigenvalue weighted by atomic mass is 9.92. The number of likely N-dealkylation sites (tertiary alicyclic amines) is 1. The molecule has 2 atom stereocenters. The van der Waals surface area contributed by atoms with E-state index in [0.29, 0.717) is 18.5 Å². The maximum atomic E-state index is 13.9. The zero-order valence-corrected chi connectivity index (χ0v) is 12.1. The predicted octanol–water partition coefficient (Wildman–Crippen LogP) is 2.01. The Hall–Kier alpha value is -1.43. The topological polar surface area (TPSA) is 58.2 Å². The molecule has 1 aromatic heterocycles. The monoisotopic (exact) mass is 281 g/mol. The van der Waals surface area contributed by atoms with E-state index >= 15 is 0 Å². The Labute approximate surface area is 117 Å². The van der Waals surface area contributed by atoms with Crippen molar-refractivity contribution >= 4 is 5.91 Å². The second-order valence-electron chi connectivity index (χ2n) is 5.92. The second kappa shape index (κ2) is 4.55. The first-order valence-electron chi connectivity index (χ1n) is 7.14. The van der Waals surface area contributed by atoms with Crippen molar-refractivity contribution in [3.8, 4) is 0 Å². The number of H-pyrrole nitrogens is 1. The van der Waals surface area contributed by atoms with Crippen LogP contribution in [0.25, 0.3) is 0 Å². The summed E-state index contributed by atoms with van der Waals surface area (Å²) in [6.07, 6.45) is 1.08. The van der Waals surface area contributed by atoms with E-state index in [-0.39, 0.29) is 31.2 Å². The van der Waals surface area contributed by atoms with Gasteiger partial charge in [0.1, 0.15) is 5.67 Å². The quantitative estimate of drug-likeness (QED) is 0.902. The molecule has 0 aromatic carbocycles. The number of rotatable bonds is 2. The third-order valence-corrected chi connectivity index (χ3v) is 4.31. The van der Waals surface area contributed by atoms with Crippen LogP contribution in [0.4, 0.5) is 4.39 Å². The normalized spacial score (nSPS) is 27.9. The Morgan fingerprint density at radius 1 is 1.55 bits per heavy atom. The molecule has 3 rings (SSSR count). The number of fused-ring (bicyclic) bond motifs is 1. The molecule has 1 N–H and O–H groups in total. The molecule has 2 aliphatic rings. The standard InChI is InChI=1S/C14H20FN3O2/c1-4-14(15)6-18(7-14)13(19)12-10-5-8(2)20-9(3)11(10)16-17-12/h8-9H,4-7H2,1-3H3,(H,16,17)/t8-,9+/m0/s1. The molecule has 0 unspecified atom stereocenters. The highest BCUT2D eigenvalue weighted by molar-refractivity contribution is 5.94. The molecule has 0 spiro atoms. The Balaban J connectivity index is 1.81. The molecule has 1 fully saturated rings. The lowest BCUT2D eigenvalue weighted by Gasteiger charge is -2.43. The highest BCUT2D eigenvalue weighted by Crippen LogP contribution is 2.33. The summed E-state index contributed by atoms with van der Waals surface area (Å²) < 4.78 is 19.6. The van der Waals surface area contributed by atoms with Crippen LogP contribution in [0.1, 0.15) is 55.0 Å². The smallest absolute Gasteiger partial charge is 0.274 e. The average Bonchev–Trinajstić information content (AvgIpc) is 2.78. The van der Waals surface area contributed by atoms with Gasteiger partial charge in [-0.15, -0.1) is 0 Å². The molecule has 110 valence electrons. The molecular weight excluding hydrogens is 261 g/mol. The largest absolute Gasteiger partial charge is 0.369 e. The minimum Gasteiger partial charge on any atom is -0.369 e. The van der Waals surface area contributed by atoms with E-state index in [1.54, 1.807) is 6.92 Å². The first-order valence-corrected chi connectivity index (χ1v) is 7.14. The number of ether oxygens (including phenoxy) is 1. The van der Waals surface area contributed by atoms with Gasteiger partial charge >= 0.3 is 0 Å². The van der Waals surface area contributed by atoms with Gasteiger partial charge in [0.2, 0.25) is 0 Å². The number of aromatic nitrogens is 2. The molecule has 1 amide bonds. The lowest BCUT2D eigenvalue weighted by Crippen LogP contribution is -2.60. The minimum atomic E-state index is -1.21. The first kappa shape index (κ1) is 13.5. The molecule has 0 radical (unpaired) electrons. The number of nitrogens with zero attached hydrogens (tertiary/aromatic N) is 2. The van der Waals surface area contributed by atoms with Gasteiger partial charge in [-0.3, -0.25) is 9.89 Å². The summed E-state index contributed by atoms with van der Waals surface area (Å²) in [6.45, 7) is 6.07. The molecular formula is C14H20FN3O2. The number of alkyl halides is 1. The van der Waals surface area contributed by atoms with E-state index in [4.69, 9.17) is 4.74 Å². The number of amides is 1. The highest BCUT2D eigenvalue weighted by Gasteiger charge is 2.45. The number of hydrogen-bond acceptors (Lipinski definition) is 3. The molecule has 3 heterocycles. The van der Waals surface area contributed by atoms with Crippen LogP contribution >= 0.6 is 0 Å². The zero-order valence-electron chi connectivity index (χ0n) is 12.1. The van der Waals surface area contributed by atoms with Crippen LogP contribution in [0.5, 0.6) is 0 Å². The molecule has 1 saturated heterocycles. The summed E-state index contributed by atoms with van der Waals surface area (Å²) in [5, 5.41) is 7.04. The lowest BCUT2D eigenvalue weighted by molar-refractivity contribution is -0.0225. The molecule has 0 bridgehead atoms. The van der Waals surface area contributed by atoms with Crippen LogP contribution in [0, 0.1) is 0 Å². The van der Waals surface area contributed by atoms with Crippen molar-refractivity contribution in [1.29, 1.82) is 0 Å². The summed E-state index contributed by atoms with van der Waals surface area (Å²) in [5.41, 5.74) is 1.01. The summed E-state index contributed by atoms with van der Waals surface area (Å²) in [7, 11) is 0.